The third kappa shape index (κ3) is 3.76. The van der Waals surface area contributed by atoms with Crippen molar-refractivity contribution >= 4 is 35.9 Å². The molecule has 1 unspecified atom stereocenters. The lowest BCUT2D eigenvalue weighted by molar-refractivity contribution is 0.178. The summed E-state index contributed by atoms with van der Waals surface area (Å²) in [6, 6.07) is 7.89. The number of nitrogens with zero attached hydrogens (tertiary/aromatic N) is 8. The minimum atomic E-state index is -0.115. The van der Waals surface area contributed by atoms with Crippen LogP contribution >= 0.6 is 0 Å². The number of urea groups is 1. The molecule has 0 fully saturated rings. The largest absolute Gasteiger partial charge is 0.394 e. The molecule has 2 aliphatic heterocycles. The number of carbonyl (C=O) groups excluding carboxylic acids is 1. The molecule has 2 aliphatic rings. The molecule has 0 spiro atoms. The van der Waals surface area contributed by atoms with Gasteiger partial charge in [0, 0.05) is 37.2 Å². The predicted octanol–water partition coefficient (Wildman–Crippen LogP) is 2.00. The number of fused-ring (bicyclic) bond motifs is 2. The molecule has 170 valence electrons. The summed E-state index contributed by atoms with van der Waals surface area (Å²) in [6.45, 7) is 5.59. The van der Waals surface area contributed by atoms with Crippen molar-refractivity contribution in [1.82, 2.24) is 24.6 Å². The van der Waals surface area contributed by atoms with Crippen LogP contribution in [-0.2, 0) is 13.1 Å². The number of carbonyl (C=O) groups is 1. The maximum absolute atomic E-state index is 13.4. The van der Waals surface area contributed by atoms with Gasteiger partial charge in [0.15, 0.2) is 0 Å². The Balaban J connectivity index is 1.39. The fourth-order valence-electron chi connectivity index (χ4n) is 4.40. The maximum Gasteiger partial charge on any atom is 0.326 e. The van der Waals surface area contributed by atoms with Crippen LogP contribution in [0.15, 0.2) is 47.8 Å². The van der Waals surface area contributed by atoms with Gasteiger partial charge < -0.3 is 20.2 Å². The van der Waals surface area contributed by atoms with Gasteiger partial charge in [-0.3, -0.25) is 14.6 Å². The van der Waals surface area contributed by atoms with Gasteiger partial charge in [-0.25, -0.2) is 9.78 Å². The smallest absolute Gasteiger partial charge is 0.326 e. The first kappa shape index (κ1) is 20.9. The summed E-state index contributed by atoms with van der Waals surface area (Å²) in [5.74, 6) is 0.951. The molecule has 0 aliphatic carbocycles. The number of hydrogen-bond donors (Lipinski definition) is 2. The zero-order valence-corrected chi connectivity index (χ0v) is 18.3. The molecule has 0 saturated carbocycles. The van der Waals surface area contributed by atoms with E-state index in [0.29, 0.717) is 43.8 Å². The zero-order chi connectivity index (χ0) is 22.9. The average molecular weight is 448 g/mol. The molecule has 2 amide bonds. The lowest BCUT2D eigenvalue weighted by Gasteiger charge is -2.37. The summed E-state index contributed by atoms with van der Waals surface area (Å²) < 4.78 is 1.62. The van der Waals surface area contributed by atoms with Crippen molar-refractivity contribution < 1.29 is 9.90 Å². The predicted molar refractivity (Wildman–Crippen MR) is 125 cm³/mol. The van der Waals surface area contributed by atoms with E-state index < -0.39 is 0 Å². The van der Waals surface area contributed by atoms with Gasteiger partial charge in [0.25, 0.3) is 0 Å². The molecule has 0 saturated heterocycles. The summed E-state index contributed by atoms with van der Waals surface area (Å²) in [7, 11) is 1.73. The lowest BCUT2D eigenvalue weighted by atomic mass is 10.1. The van der Waals surface area contributed by atoms with E-state index in [2.05, 4.69) is 49.1 Å². The van der Waals surface area contributed by atoms with Crippen LogP contribution in [0.3, 0.4) is 0 Å². The normalized spacial score (nSPS) is 17.2. The van der Waals surface area contributed by atoms with E-state index in [-0.39, 0.29) is 18.7 Å². The van der Waals surface area contributed by atoms with Crippen LogP contribution in [0.25, 0.3) is 0 Å². The zero-order valence-electron chi connectivity index (χ0n) is 18.3. The molecule has 0 radical (unpaired) electrons. The SMILES string of the molecule is C=NCN1CC(N2Cc3cnc(Nc4cnn(CCO)c4)nc3N(C)C2=O)c2ccccc21. The average Bonchev–Trinajstić information content (AvgIpc) is 3.42. The highest BCUT2D eigenvalue weighted by atomic mass is 16.3. The molecule has 4 heterocycles. The maximum atomic E-state index is 13.4. The third-order valence-electron chi connectivity index (χ3n) is 5.93. The molecule has 2 aromatic heterocycles. The van der Waals surface area contributed by atoms with E-state index in [1.54, 1.807) is 35.2 Å². The molecule has 5 rings (SSSR count). The van der Waals surface area contributed by atoms with Crippen LogP contribution in [0.1, 0.15) is 17.2 Å². The van der Waals surface area contributed by atoms with Crippen molar-refractivity contribution in [2.45, 2.75) is 19.1 Å². The number of aliphatic imine (C=N–C) groups is 1. The number of aliphatic hydroxyl groups is 1. The Bertz CT molecular complexity index is 1190. The quantitative estimate of drug-likeness (QED) is 0.532. The number of nitrogens with one attached hydrogen (secondary N) is 1. The van der Waals surface area contributed by atoms with Crippen LogP contribution in [-0.4, -0.2) is 69.4 Å². The number of benzene rings is 1. The third-order valence-corrected chi connectivity index (χ3v) is 5.93. The minimum Gasteiger partial charge on any atom is -0.394 e. The van der Waals surface area contributed by atoms with Crippen LogP contribution in [0.4, 0.5) is 27.9 Å². The van der Waals surface area contributed by atoms with Gasteiger partial charge in [0.1, 0.15) is 12.5 Å². The number of anilines is 4. The first-order valence-electron chi connectivity index (χ1n) is 10.7. The second kappa shape index (κ2) is 8.51. The Morgan fingerprint density at radius 3 is 2.97 bits per heavy atom. The second-order valence-corrected chi connectivity index (χ2v) is 8.01. The first-order valence-corrected chi connectivity index (χ1v) is 10.7. The number of aliphatic hydroxyl groups excluding tert-OH is 1. The van der Waals surface area contributed by atoms with Gasteiger partial charge in [-0.15, -0.1) is 0 Å². The Morgan fingerprint density at radius 1 is 1.30 bits per heavy atom. The van der Waals surface area contributed by atoms with Crippen LogP contribution in [0.5, 0.6) is 0 Å². The van der Waals surface area contributed by atoms with Gasteiger partial charge in [0.2, 0.25) is 5.95 Å². The minimum absolute atomic E-state index is 0.00714. The Kier molecular flexibility index (Phi) is 5.38. The topological polar surface area (TPSA) is 115 Å². The van der Waals surface area contributed by atoms with Crippen molar-refractivity contribution in [3.63, 3.8) is 0 Å². The van der Waals surface area contributed by atoms with Gasteiger partial charge in [-0.1, -0.05) is 18.2 Å². The molecule has 33 heavy (non-hydrogen) atoms. The molecular formula is C22H25N9O2. The number of amides is 2. The number of para-hydroxylation sites is 1. The molecule has 1 aromatic carbocycles. The molecule has 3 aromatic rings. The second-order valence-electron chi connectivity index (χ2n) is 8.01. The highest BCUT2D eigenvalue weighted by Crippen LogP contribution is 2.41. The summed E-state index contributed by atoms with van der Waals surface area (Å²) in [5.41, 5.74) is 3.75. The molecule has 1 atom stereocenters. The van der Waals surface area contributed by atoms with Gasteiger partial charge in [-0.05, 0) is 18.3 Å². The van der Waals surface area contributed by atoms with E-state index in [0.717, 1.165) is 16.8 Å². The van der Waals surface area contributed by atoms with Gasteiger partial charge in [-0.2, -0.15) is 10.1 Å². The first-order chi connectivity index (χ1) is 16.1. The summed E-state index contributed by atoms with van der Waals surface area (Å²) in [5, 5.41) is 16.3. The van der Waals surface area contributed by atoms with Crippen LogP contribution in [0.2, 0.25) is 0 Å². The lowest BCUT2D eigenvalue weighted by Crippen LogP contribution is -2.48. The summed E-state index contributed by atoms with van der Waals surface area (Å²) in [6.07, 6.45) is 5.15. The molecule has 11 nitrogen and oxygen atoms in total. The summed E-state index contributed by atoms with van der Waals surface area (Å²) >= 11 is 0. The van der Waals surface area contributed by atoms with E-state index >= 15 is 0 Å². The highest BCUT2D eigenvalue weighted by Gasteiger charge is 2.39. The Labute approximate surface area is 191 Å². The van der Waals surface area contributed by atoms with Crippen LogP contribution in [0, 0.1) is 0 Å². The fraction of sp³-hybridized carbons (Fsp3) is 0.318. The molecule has 11 heteroatoms. The van der Waals surface area contributed by atoms with Crippen molar-refractivity contribution in [2.75, 3.05) is 42.0 Å². The van der Waals surface area contributed by atoms with Crippen molar-refractivity contribution in [1.29, 1.82) is 0 Å². The Morgan fingerprint density at radius 2 is 2.15 bits per heavy atom. The van der Waals surface area contributed by atoms with Crippen molar-refractivity contribution in [3.05, 3.63) is 54.0 Å². The standard InChI is InChI=1S/C22H25N9O2/c1-23-14-29-13-19(17-5-3-4-6-18(17)29)31-11-15-9-24-21(27-20(15)28(2)22(31)33)26-16-10-25-30(12-16)7-8-32/h3-6,9-10,12,19,32H,1,7-8,11,13-14H2,2H3,(H,24,26,27). The van der Waals surface area contributed by atoms with E-state index in [1.165, 1.54) is 0 Å². The van der Waals surface area contributed by atoms with E-state index in [1.807, 2.05) is 17.0 Å². The monoisotopic (exact) mass is 447 g/mol. The fourth-order valence-corrected chi connectivity index (χ4v) is 4.40. The van der Waals surface area contributed by atoms with E-state index in [9.17, 15) is 4.79 Å². The van der Waals surface area contributed by atoms with Crippen molar-refractivity contribution in [2.24, 2.45) is 4.99 Å². The highest BCUT2D eigenvalue weighted by molar-refractivity contribution is 5.94. The molecule has 0 bridgehead atoms. The van der Waals surface area contributed by atoms with E-state index in [4.69, 9.17) is 5.11 Å². The molecular weight excluding hydrogens is 422 g/mol. The van der Waals surface area contributed by atoms with Crippen LogP contribution < -0.4 is 15.1 Å². The Hall–Kier alpha value is -3.99. The number of rotatable bonds is 7. The number of aromatic nitrogens is 4. The van der Waals surface area contributed by atoms with Gasteiger partial charge in [0.05, 0.1) is 37.6 Å². The summed E-state index contributed by atoms with van der Waals surface area (Å²) in [4.78, 5) is 32.0. The van der Waals surface area contributed by atoms with Gasteiger partial charge >= 0.3 is 6.03 Å². The van der Waals surface area contributed by atoms with Crippen molar-refractivity contribution in [3.8, 4) is 0 Å². The molecule has 2 N–H and O–H groups in total. The number of hydrogen-bond acceptors (Lipinski definition) is 8.